The number of rotatable bonds is 8. The van der Waals surface area contributed by atoms with Crippen LogP contribution >= 0.6 is 11.6 Å². The topological polar surface area (TPSA) is 56.8 Å². The van der Waals surface area contributed by atoms with Gasteiger partial charge in [0.15, 0.2) is 11.5 Å². The predicted molar refractivity (Wildman–Crippen MR) is 98.0 cm³/mol. The van der Waals surface area contributed by atoms with E-state index in [9.17, 15) is 4.79 Å². The normalized spacial score (nSPS) is 11.5. The minimum Gasteiger partial charge on any atom is -0.493 e. The van der Waals surface area contributed by atoms with Gasteiger partial charge in [-0.1, -0.05) is 23.7 Å². The maximum absolute atomic E-state index is 12.3. The molecule has 2 aromatic rings. The maximum Gasteiger partial charge on any atom is 0.251 e. The molecule has 0 bridgehead atoms. The molecule has 2 aromatic carbocycles. The lowest BCUT2D eigenvalue weighted by Gasteiger charge is -2.16. The van der Waals surface area contributed by atoms with Crippen molar-refractivity contribution in [2.45, 2.75) is 19.9 Å². The van der Waals surface area contributed by atoms with Gasteiger partial charge in [-0.15, -0.1) is 0 Å². The van der Waals surface area contributed by atoms with Crippen LogP contribution in [0.15, 0.2) is 42.5 Å². The number of hydrogen-bond acceptors (Lipinski definition) is 4. The summed E-state index contributed by atoms with van der Waals surface area (Å²) in [5.74, 6) is 1.63. The number of methoxy groups -OCH3 is 1. The summed E-state index contributed by atoms with van der Waals surface area (Å²) in [6, 6.07) is 12.1. The molecule has 0 aliphatic heterocycles. The molecule has 6 heteroatoms. The number of nitrogens with one attached hydrogen (secondary N) is 1. The molecule has 0 aromatic heterocycles. The highest BCUT2D eigenvalue weighted by atomic mass is 35.5. The smallest absolute Gasteiger partial charge is 0.251 e. The number of benzene rings is 2. The number of para-hydroxylation sites is 2. The molecule has 0 spiro atoms. The van der Waals surface area contributed by atoms with Crippen LogP contribution in [-0.2, 0) is 0 Å². The van der Waals surface area contributed by atoms with E-state index in [1.54, 1.807) is 25.3 Å². The molecule has 0 heterocycles. The third-order valence-electron chi connectivity index (χ3n) is 3.43. The Balaban J connectivity index is 1.92. The first-order valence-electron chi connectivity index (χ1n) is 8.04. The van der Waals surface area contributed by atoms with Crippen LogP contribution in [0.3, 0.4) is 0 Å². The number of amides is 1. The van der Waals surface area contributed by atoms with E-state index in [2.05, 4.69) is 5.32 Å². The fourth-order valence-electron chi connectivity index (χ4n) is 2.22. The number of ether oxygens (including phenoxy) is 3. The molecule has 0 aliphatic carbocycles. The molecule has 1 amide bonds. The second-order valence-electron chi connectivity index (χ2n) is 5.41. The molecule has 0 saturated heterocycles. The largest absolute Gasteiger partial charge is 0.493 e. The van der Waals surface area contributed by atoms with Crippen LogP contribution in [-0.4, -0.2) is 32.3 Å². The molecule has 0 saturated carbocycles. The van der Waals surface area contributed by atoms with Crippen molar-refractivity contribution >= 4 is 17.5 Å². The van der Waals surface area contributed by atoms with Gasteiger partial charge >= 0.3 is 0 Å². The summed E-state index contributed by atoms with van der Waals surface area (Å²) < 4.78 is 16.3. The highest BCUT2D eigenvalue weighted by molar-refractivity contribution is 6.32. The Labute approximate surface area is 152 Å². The van der Waals surface area contributed by atoms with Crippen molar-refractivity contribution in [3.63, 3.8) is 0 Å². The molecule has 2 rings (SSSR count). The van der Waals surface area contributed by atoms with Gasteiger partial charge in [0.05, 0.1) is 24.8 Å². The highest BCUT2D eigenvalue weighted by Crippen LogP contribution is 2.26. The number of carbonyl (C=O) groups excluding carboxylic acids is 1. The van der Waals surface area contributed by atoms with Crippen molar-refractivity contribution < 1.29 is 19.0 Å². The van der Waals surface area contributed by atoms with Gasteiger partial charge in [0.2, 0.25) is 0 Å². The molecule has 1 N–H and O–H groups in total. The molecular formula is C19H22ClNO4. The minimum absolute atomic E-state index is 0.192. The first-order chi connectivity index (χ1) is 12.0. The summed E-state index contributed by atoms with van der Waals surface area (Å²) in [6.45, 7) is 4.57. The monoisotopic (exact) mass is 363 g/mol. The maximum atomic E-state index is 12.3. The Bertz CT molecular complexity index is 720. The Morgan fingerprint density at radius 1 is 1.12 bits per heavy atom. The quantitative estimate of drug-likeness (QED) is 0.771. The second kappa shape index (κ2) is 9.18. The van der Waals surface area contributed by atoms with Gasteiger partial charge in [-0.05, 0) is 44.2 Å². The first kappa shape index (κ1) is 18.9. The van der Waals surface area contributed by atoms with E-state index in [1.165, 1.54) is 0 Å². The lowest BCUT2D eigenvalue weighted by Crippen LogP contribution is -2.36. The second-order valence-corrected chi connectivity index (χ2v) is 5.82. The van der Waals surface area contributed by atoms with Crippen molar-refractivity contribution in [2.75, 3.05) is 20.3 Å². The summed E-state index contributed by atoms with van der Waals surface area (Å²) in [4.78, 5) is 12.3. The molecule has 1 atom stereocenters. The van der Waals surface area contributed by atoms with Crippen molar-refractivity contribution in [3.8, 4) is 17.2 Å². The van der Waals surface area contributed by atoms with Crippen molar-refractivity contribution in [1.82, 2.24) is 5.32 Å². The molecule has 134 valence electrons. The lowest BCUT2D eigenvalue weighted by molar-refractivity contribution is 0.0926. The average Bonchev–Trinajstić information content (AvgIpc) is 2.62. The fourth-order valence-corrected chi connectivity index (χ4v) is 2.45. The van der Waals surface area contributed by atoms with Gasteiger partial charge in [-0.3, -0.25) is 4.79 Å². The molecular weight excluding hydrogens is 342 g/mol. The number of carbonyl (C=O) groups is 1. The van der Waals surface area contributed by atoms with Gasteiger partial charge < -0.3 is 19.5 Å². The van der Waals surface area contributed by atoms with Crippen LogP contribution in [0, 0.1) is 0 Å². The Morgan fingerprint density at radius 3 is 2.48 bits per heavy atom. The van der Waals surface area contributed by atoms with Crippen molar-refractivity contribution in [2.24, 2.45) is 0 Å². The molecule has 5 nitrogen and oxygen atoms in total. The van der Waals surface area contributed by atoms with Crippen LogP contribution in [0.2, 0.25) is 5.02 Å². The van der Waals surface area contributed by atoms with Gasteiger partial charge in [0.1, 0.15) is 12.4 Å². The number of halogens is 1. The van der Waals surface area contributed by atoms with Crippen molar-refractivity contribution in [1.29, 1.82) is 0 Å². The third-order valence-corrected chi connectivity index (χ3v) is 3.72. The lowest BCUT2D eigenvalue weighted by atomic mass is 10.2. The fraction of sp³-hybridized carbons (Fsp3) is 0.316. The van der Waals surface area contributed by atoms with Crippen LogP contribution in [0.5, 0.6) is 17.2 Å². The zero-order valence-corrected chi connectivity index (χ0v) is 15.3. The Morgan fingerprint density at radius 2 is 1.84 bits per heavy atom. The minimum atomic E-state index is -0.221. The van der Waals surface area contributed by atoms with E-state index in [0.717, 1.165) is 0 Å². The number of hydrogen-bond donors (Lipinski definition) is 1. The zero-order valence-electron chi connectivity index (χ0n) is 14.5. The van der Waals surface area contributed by atoms with E-state index in [1.807, 2.05) is 38.1 Å². The molecule has 0 fully saturated rings. The molecule has 25 heavy (non-hydrogen) atoms. The molecule has 0 radical (unpaired) electrons. The molecule has 0 aliphatic rings. The Hall–Kier alpha value is -2.40. The Kier molecular flexibility index (Phi) is 6.95. The van der Waals surface area contributed by atoms with E-state index in [-0.39, 0.29) is 11.9 Å². The summed E-state index contributed by atoms with van der Waals surface area (Å²) in [7, 11) is 1.59. The first-order valence-corrected chi connectivity index (χ1v) is 8.42. The van der Waals surface area contributed by atoms with Crippen LogP contribution in [0.25, 0.3) is 0 Å². The van der Waals surface area contributed by atoms with E-state index < -0.39 is 0 Å². The van der Waals surface area contributed by atoms with Gasteiger partial charge in [-0.2, -0.15) is 0 Å². The van der Waals surface area contributed by atoms with Crippen LogP contribution in [0.1, 0.15) is 24.2 Å². The van der Waals surface area contributed by atoms with Crippen LogP contribution < -0.4 is 19.5 Å². The standard InChI is InChI=1S/C19H22ClNO4/c1-4-24-16-10-9-14(11-15(16)20)19(22)21-13(2)12-25-18-8-6-5-7-17(18)23-3/h5-11,13H,4,12H2,1-3H3,(H,21,22). The summed E-state index contributed by atoms with van der Waals surface area (Å²) in [5, 5.41) is 3.29. The van der Waals surface area contributed by atoms with Crippen molar-refractivity contribution in [3.05, 3.63) is 53.1 Å². The zero-order chi connectivity index (χ0) is 18.2. The summed E-state index contributed by atoms with van der Waals surface area (Å²) in [5.41, 5.74) is 0.470. The summed E-state index contributed by atoms with van der Waals surface area (Å²) in [6.07, 6.45) is 0. The van der Waals surface area contributed by atoms with Gasteiger partial charge in [-0.25, -0.2) is 0 Å². The van der Waals surface area contributed by atoms with Crippen LogP contribution in [0.4, 0.5) is 0 Å². The van der Waals surface area contributed by atoms with Gasteiger partial charge in [0.25, 0.3) is 5.91 Å². The molecule has 1 unspecified atom stereocenters. The van der Waals surface area contributed by atoms with E-state index >= 15 is 0 Å². The third kappa shape index (κ3) is 5.29. The average molecular weight is 364 g/mol. The SMILES string of the molecule is CCOc1ccc(C(=O)NC(C)COc2ccccc2OC)cc1Cl. The summed E-state index contributed by atoms with van der Waals surface area (Å²) >= 11 is 6.12. The van der Waals surface area contributed by atoms with E-state index in [0.29, 0.717) is 41.0 Å². The predicted octanol–water partition coefficient (Wildman–Crippen LogP) is 3.94. The van der Waals surface area contributed by atoms with E-state index in [4.69, 9.17) is 25.8 Å². The highest BCUT2D eigenvalue weighted by Gasteiger charge is 2.13. The van der Waals surface area contributed by atoms with Gasteiger partial charge in [0, 0.05) is 5.56 Å².